The standard InChI is InChI=1S/C25H32N4O4S/c1-27(2)34(31,32)22-9-10-23-21(17-22)18-24(29(23)19-20-7-4-3-5-8-20)25(30)26-11-6-12-28-13-15-33-16-14-28/h3-5,7-10,17-18H,6,11-16,19H2,1-2H3,(H,26,30). The molecule has 0 unspecified atom stereocenters. The zero-order valence-corrected chi connectivity index (χ0v) is 20.6. The lowest BCUT2D eigenvalue weighted by Gasteiger charge is -2.26. The van der Waals surface area contributed by atoms with Crippen molar-refractivity contribution in [3.05, 3.63) is 65.9 Å². The summed E-state index contributed by atoms with van der Waals surface area (Å²) in [5.74, 6) is -0.161. The van der Waals surface area contributed by atoms with Crippen LogP contribution in [0, 0.1) is 0 Å². The van der Waals surface area contributed by atoms with Crippen molar-refractivity contribution in [2.45, 2.75) is 17.9 Å². The average Bonchev–Trinajstić information content (AvgIpc) is 3.20. The van der Waals surface area contributed by atoms with Crippen LogP contribution in [0.25, 0.3) is 10.9 Å². The number of nitrogens with zero attached hydrogens (tertiary/aromatic N) is 3. The van der Waals surface area contributed by atoms with Gasteiger partial charge in [-0.1, -0.05) is 30.3 Å². The second-order valence-corrected chi connectivity index (χ2v) is 10.8. The molecule has 0 bridgehead atoms. The van der Waals surface area contributed by atoms with E-state index < -0.39 is 10.0 Å². The number of hydrogen-bond donors (Lipinski definition) is 1. The summed E-state index contributed by atoms with van der Waals surface area (Å²) < 4.78 is 33.8. The van der Waals surface area contributed by atoms with Crippen LogP contribution in [0.1, 0.15) is 22.5 Å². The van der Waals surface area contributed by atoms with Gasteiger partial charge in [0.05, 0.1) is 18.1 Å². The van der Waals surface area contributed by atoms with Gasteiger partial charge < -0.3 is 14.6 Å². The van der Waals surface area contributed by atoms with E-state index in [1.54, 1.807) is 24.3 Å². The number of amides is 1. The van der Waals surface area contributed by atoms with Crippen molar-refractivity contribution in [2.75, 3.05) is 53.5 Å². The lowest BCUT2D eigenvalue weighted by molar-refractivity contribution is 0.0374. The lowest BCUT2D eigenvalue weighted by Crippen LogP contribution is -2.38. The van der Waals surface area contributed by atoms with Crippen LogP contribution >= 0.6 is 0 Å². The molecule has 1 aromatic heterocycles. The predicted molar refractivity (Wildman–Crippen MR) is 133 cm³/mol. The first-order chi connectivity index (χ1) is 16.4. The van der Waals surface area contributed by atoms with Crippen LogP contribution in [0.5, 0.6) is 0 Å². The molecule has 3 aromatic rings. The lowest BCUT2D eigenvalue weighted by atomic mass is 10.2. The Morgan fingerprint density at radius 1 is 1.06 bits per heavy atom. The molecule has 0 atom stereocenters. The highest BCUT2D eigenvalue weighted by atomic mass is 32.2. The van der Waals surface area contributed by atoms with E-state index in [1.165, 1.54) is 18.4 Å². The maximum absolute atomic E-state index is 13.2. The quantitative estimate of drug-likeness (QED) is 0.472. The Morgan fingerprint density at radius 3 is 2.50 bits per heavy atom. The third-order valence-corrected chi connectivity index (χ3v) is 7.92. The van der Waals surface area contributed by atoms with Crippen molar-refractivity contribution in [1.82, 2.24) is 19.1 Å². The van der Waals surface area contributed by atoms with E-state index in [2.05, 4.69) is 10.2 Å². The highest BCUT2D eigenvalue weighted by Crippen LogP contribution is 2.26. The smallest absolute Gasteiger partial charge is 0.267 e. The van der Waals surface area contributed by atoms with Gasteiger partial charge in [0.2, 0.25) is 10.0 Å². The van der Waals surface area contributed by atoms with Crippen LogP contribution in [0.15, 0.2) is 59.5 Å². The van der Waals surface area contributed by atoms with Crippen LogP contribution in [-0.4, -0.2) is 81.6 Å². The van der Waals surface area contributed by atoms with Gasteiger partial charge in [0, 0.05) is 51.2 Å². The fourth-order valence-corrected chi connectivity index (χ4v) is 5.10. The summed E-state index contributed by atoms with van der Waals surface area (Å²) in [6, 6.07) is 16.7. The average molecular weight is 485 g/mol. The molecule has 4 rings (SSSR count). The first-order valence-electron chi connectivity index (χ1n) is 11.5. The van der Waals surface area contributed by atoms with E-state index in [9.17, 15) is 13.2 Å². The van der Waals surface area contributed by atoms with Crippen molar-refractivity contribution < 1.29 is 17.9 Å². The van der Waals surface area contributed by atoms with Crippen molar-refractivity contribution in [2.24, 2.45) is 0 Å². The molecule has 1 aliphatic heterocycles. The van der Waals surface area contributed by atoms with Gasteiger partial charge in [-0.15, -0.1) is 0 Å². The van der Waals surface area contributed by atoms with Gasteiger partial charge in [-0.25, -0.2) is 12.7 Å². The predicted octanol–water partition coefficient (Wildman–Crippen LogP) is 2.39. The number of sulfonamides is 1. The number of carbonyl (C=O) groups is 1. The molecule has 1 aliphatic rings. The van der Waals surface area contributed by atoms with Gasteiger partial charge >= 0.3 is 0 Å². The second-order valence-electron chi connectivity index (χ2n) is 8.67. The molecule has 1 fully saturated rings. The Labute approximate surface area is 201 Å². The molecule has 34 heavy (non-hydrogen) atoms. The molecular formula is C25H32N4O4S. The number of benzene rings is 2. The van der Waals surface area contributed by atoms with Gasteiger partial charge in [-0.3, -0.25) is 9.69 Å². The van der Waals surface area contributed by atoms with Crippen molar-refractivity contribution in [3.63, 3.8) is 0 Å². The van der Waals surface area contributed by atoms with Crippen molar-refractivity contribution in [3.8, 4) is 0 Å². The molecule has 0 aliphatic carbocycles. The molecular weight excluding hydrogens is 452 g/mol. The second kappa shape index (κ2) is 10.7. The van der Waals surface area contributed by atoms with Crippen LogP contribution in [-0.2, 0) is 21.3 Å². The highest BCUT2D eigenvalue weighted by molar-refractivity contribution is 7.89. The number of aromatic nitrogens is 1. The Kier molecular flexibility index (Phi) is 7.67. The number of ether oxygens (including phenoxy) is 1. The number of fused-ring (bicyclic) bond motifs is 1. The molecule has 1 saturated heterocycles. The number of hydrogen-bond acceptors (Lipinski definition) is 5. The monoisotopic (exact) mass is 484 g/mol. The summed E-state index contributed by atoms with van der Waals surface area (Å²) in [5, 5.41) is 3.76. The molecule has 9 heteroatoms. The van der Waals surface area contributed by atoms with Crippen LogP contribution in [0.3, 0.4) is 0 Å². The topological polar surface area (TPSA) is 83.9 Å². The minimum Gasteiger partial charge on any atom is -0.379 e. The van der Waals surface area contributed by atoms with E-state index in [0.717, 1.165) is 55.7 Å². The molecule has 182 valence electrons. The van der Waals surface area contributed by atoms with Gasteiger partial charge in [0.1, 0.15) is 5.69 Å². The maximum atomic E-state index is 13.2. The normalized spacial score (nSPS) is 15.1. The zero-order chi connectivity index (χ0) is 24.1. The fraction of sp³-hybridized carbons (Fsp3) is 0.400. The number of carbonyl (C=O) groups excluding carboxylic acids is 1. The summed E-state index contributed by atoms with van der Waals surface area (Å²) >= 11 is 0. The molecule has 1 amide bonds. The number of rotatable bonds is 9. The van der Waals surface area contributed by atoms with Gasteiger partial charge in [0.25, 0.3) is 5.91 Å². The van der Waals surface area contributed by atoms with Gasteiger partial charge in [0.15, 0.2) is 0 Å². The minimum atomic E-state index is -3.57. The Balaban J connectivity index is 1.57. The fourth-order valence-electron chi connectivity index (χ4n) is 4.16. The van der Waals surface area contributed by atoms with E-state index in [4.69, 9.17) is 4.74 Å². The first-order valence-corrected chi connectivity index (χ1v) is 13.0. The Hall–Kier alpha value is -2.72. The van der Waals surface area contributed by atoms with Crippen molar-refractivity contribution in [1.29, 1.82) is 0 Å². The molecule has 1 N–H and O–H groups in total. The van der Waals surface area contributed by atoms with E-state index in [0.29, 0.717) is 18.8 Å². The third-order valence-electron chi connectivity index (χ3n) is 6.11. The summed E-state index contributed by atoms with van der Waals surface area (Å²) in [7, 11) is -0.550. The number of morpholine rings is 1. The van der Waals surface area contributed by atoms with E-state index in [-0.39, 0.29) is 10.8 Å². The SMILES string of the molecule is CN(C)S(=O)(=O)c1ccc2c(c1)cc(C(=O)NCCCN1CCOCC1)n2Cc1ccccc1. The first kappa shape index (κ1) is 24.4. The molecule has 0 spiro atoms. The third kappa shape index (κ3) is 5.50. The van der Waals surface area contributed by atoms with Crippen LogP contribution < -0.4 is 5.32 Å². The van der Waals surface area contributed by atoms with Crippen LogP contribution in [0.4, 0.5) is 0 Å². The molecule has 0 saturated carbocycles. The Morgan fingerprint density at radius 2 is 1.79 bits per heavy atom. The molecule has 2 heterocycles. The highest BCUT2D eigenvalue weighted by Gasteiger charge is 2.21. The largest absolute Gasteiger partial charge is 0.379 e. The van der Waals surface area contributed by atoms with Crippen molar-refractivity contribution >= 4 is 26.8 Å². The summed E-state index contributed by atoms with van der Waals surface area (Å²) in [5.41, 5.74) is 2.40. The molecule has 8 nitrogen and oxygen atoms in total. The van der Waals surface area contributed by atoms with E-state index in [1.807, 2.05) is 34.9 Å². The van der Waals surface area contributed by atoms with Crippen LogP contribution in [0.2, 0.25) is 0 Å². The Bertz CT molecular complexity index is 1230. The summed E-state index contributed by atoms with van der Waals surface area (Å²) in [6.07, 6.45) is 0.857. The molecule has 2 aromatic carbocycles. The maximum Gasteiger partial charge on any atom is 0.267 e. The van der Waals surface area contributed by atoms with E-state index >= 15 is 0 Å². The zero-order valence-electron chi connectivity index (χ0n) is 19.7. The van der Waals surface area contributed by atoms with Gasteiger partial charge in [-0.2, -0.15) is 0 Å². The minimum absolute atomic E-state index is 0.161. The van der Waals surface area contributed by atoms with Gasteiger partial charge in [-0.05, 0) is 42.8 Å². The summed E-state index contributed by atoms with van der Waals surface area (Å²) in [6.45, 7) is 5.39. The number of nitrogens with one attached hydrogen (secondary N) is 1. The molecule has 0 radical (unpaired) electrons. The summed E-state index contributed by atoms with van der Waals surface area (Å²) in [4.78, 5) is 15.7.